The molecule has 5 heteroatoms. The van der Waals surface area contributed by atoms with Gasteiger partial charge < -0.3 is 11.1 Å². The van der Waals surface area contributed by atoms with Gasteiger partial charge in [-0.15, -0.1) is 0 Å². The number of thioether (sulfide) groups is 1. The first kappa shape index (κ1) is 15.8. The molecule has 18 heavy (non-hydrogen) atoms. The molecule has 1 aromatic rings. The third kappa shape index (κ3) is 5.59. The number of hydrogen-bond donors (Lipinski definition) is 2. The lowest BCUT2D eigenvalue weighted by molar-refractivity contribution is 0.750. The summed E-state index contributed by atoms with van der Waals surface area (Å²) in [6.45, 7) is 0.959. The van der Waals surface area contributed by atoms with Crippen LogP contribution in [-0.2, 0) is 0 Å². The van der Waals surface area contributed by atoms with E-state index in [-0.39, 0.29) is 0 Å². The van der Waals surface area contributed by atoms with Crippen molar-refractivity contribution in [1.82, 2.24) is 0 Å². The Labute approximate surface area is 127 Å². The van der Waals surface area contributed by atoms with Gasteiger partial charge in [0, 0.05) is 22.3 Å². The Morgan fingerprint density at radius 3 is 2.83 bits per heavy atom. The second kappa shape index (κ2) is 8.77. The average Bonchev–Trinajstić information content (AvgIpc) is 2.33. The number of hydrogen-bond acceptors (Lipinski definition) is 3. The molecule has 0 aliphatic carbocycles. The Balaban J connectivity index is 2.45. The largest absolute Gasteiger partial charge is 0.389 e. The van der Waals surface area contributed by atoms with Crippen molar-refractivity contribution in [3.63, 3.8) is 0 Å². The molecule has 1 aromatic carbocycles. The van der Waals surface area contributed by atoms with Crippen LogP contribution in [0.5, 0.6) is 0 Å². The Morgan fingerprint density at radius 1 is 1.39 bits per heavy atom. The molecule has 0 bridgehead atoms. The summed E-state index contributed by atoms with van der Waals surface area (Å²) < 4.78 is 1.03. The van der Waals surface area contributed by atoms with Crippen LogP contribution in [0.1, 0.15) is 24.8 Å². The van der Waals surface area contributed by atoms with E-state index < -0.39 is 0 Å². The van der Waals surface area contributed by atoms with E-state index in [0.717, 1.165) is 22.3 Å². The van der Waals surface area contributed by atoms with Crippen molar-refractivity contribution in [3.05, 3.63) is 28.2 Å². The van der Waals surface area contributed by atoms with Crippen molar-refractivity contribution in [2.45, 2.75) is 19.3 Å². The molecule has 0 amide bonds. The van der Waals surface area contributed by atoms with Crippen LogP contribution in [0.3, 0.4) is 0 Å². The van der Waals surface area contributed by atoms with Gasteiger partial charge in [-0.3, -0.25) is 0 Å². The van der Waals surface area contributed by atoms with Crippen LogP contribution in [0.25, 0.3) is 0 Å². The summed E-state index contributed by atoms with van der Waals surface area (Å²) in [5.74, 6) is 1.25. The fourth-order valence-corrected chi connectivity index (χ4v) is 2.68. The van der Waals surface area contributed by atoms with E-state index in [4.69, 9.17) is 18.0 Å². The molecule has 0 heterocycles. The molecule has 0 radical (unpaired) electrons. The van der Waals surface area contributed by atoms with Gasteiger partial charge in [-0.2, -0.15) is 11.8 Å². The fourth-order valence-electron chi connectivity index (χ4n) is 1.65. The van der Waals surface area contributed by atoms with E-state index in [1.807, 2.05) is 30.0 Å². The summed E-state index contributed by atoms with van der Waals surface area (Å²) in [7, 11) is 0. The molecule has 0 unspecified atom stereocenters. The minimum atomic E-state index is 0.437. The fraction of sp³-hybridized carbons (Fsp3) is 0.462. The number of unbranched alkanes of at least 4 members (excludes halogenated alkanes) is 2. The van der Waals surface area contributed by atoms with Gasteiger partial charge in [-0.05, 0) is 43.0 Å². The number of rotatable bonds is 8. The number of halogens is 1. The van der Waals surface area contributed by atoms with Crippen molar-refractivity contribution in [2.75, 3.05) is 23.9 Å². The maximum Gasteiger partial charge on any atom is 0.106 e. The van der Waals surface area contributed by atoms with Gasteiger partial charge in [0.05, 0.1) is 0 Å². The molecule has 2 nitrogen and oxygen atoms in total. The highest BCUT2D eigenvalue weighted by atomic mass is 79.9. The SMILES string of the molecule is CSCCCCCNc1cc(Br)ccc1C(N)=S. The molecular weight excluding hydrogens is 328 g/mol. The van der Waals surface area contributed by atoms with E-state index in [1.54, 1.807) is 0 Å². The number of benzene rings is 1. The molecule has 0 spiro atoms. The molecule has 3 N–H and O–H groups in total. The van der Waals surface area contributed by atoms with E-state index >= 15 is 0 Å². The zero-order valence-electron chi connectivity index (χ0n) is 10.5. The smallest absolute Gasteiger partial charge is 0.106 e. The van der Waals surface area contributed by atoms with Gasteiger partial charge in [0.1, 0.15) is 4.99 Å². The van der Waals surface area contributed by atoms with Crippen LogP contribution in [0.15, 0.2) is 22.7 Å². The van der Waals surface area contributed by atoms with E-state index in [0.29, 0.717) is 4.99 Å². The van der Waals surface area contributed by atoms with Crippen molar-refractivity contribution in [2.24, 2.45) is 5.73 Å². The van der Waals surface area contributed by atoms with Gasteiger partial charge in [0.15, 0.2) is 0 Å². The highest BCUT2D eigenvalue weighted by Crippen LogP contribution is 2.21. The molecular formula is C13H19BrN2S2. The summed E-state index contributed by atoms with van der Waals surface area (Å²) >= 11 is 10.4. The van der Waals surface area contributed by atoms with Crippen LogP contribution in [-0.4, -0.2) is 23.5 Å². The van der Waals surface area contributed by atoms with E-state index in [9.17, 15) is 0 Å². The van der Waals surface area contributed by atoms with Gasteiger partial charge >= 0.3 is 0 Å². The average molecular weight is 347 g/mol. The second-order valence-corrected chi connectivity index (χ2v) is 6.38. The highest BCUT2D eigenvalue weighted by Gasteiger charge is 2.05. The first-order valence-electron chi connectivity index (χ1n) is 5.97. The third-order valence-corrected chi connectivity index (χ3v) is 4.00. The predicted octanol–water partition coefficient (Wildman–Crippen LogP) is 4.03. The molecule has 0 aromatic heterocycles. The lowest BCUT2D eigenvalue weighted by Crippen LogP contribution is -2.13. The first-order valence-corrected chi connectivity index (χ1v) is 8.57. The number of anilines is 1. The summed E-state index contributed by atoms with van der Waals surface area (Å²) in [4.78, 5) is 0.437. The van der Waals surface area contributed by atoms with Crippen LogP contribution in [0.2, 0.25) is 0 Å². The number of nitrogens with two attached hydrogens (primary N) is 1. The topological polar surface area (TPSA) is 38.0 Å². The zero-order chi connectivity index (χ0) is 13.4. The molecule has 100 valence electrons. The quantitative estimate of drug-likeness (QED) is 0.550. The normalized spacial score (nSPS) is 10.3. The monoisotopic (exact) mass is 346 g/mol. The van der Waals surface area contributed by atoms with Gasteiger partial charge in [-0.1, -0.05) is 34.6 Å². The Kier molecular flexibility index (Phi) is 7.70. The Hall–Kier alpha value is -0.260. The molecule has 0 aliphatic rings. The molecule has 1 rings (SSSR count). The zero-order valence-corrected chi connectivity index (χ0v) is 13.8. The Bertz CT molecular complexity index is 397. The summed E-state index contributed by atoms with van der Waals surface area (Å²) in [5, 5.41) is 3.41. The Morgan fingerprint density at radius 2 is 2.17 bits per heavy atom. The molecule has 0 saturated heterocycles. The van der Waals surface area contributed by atoms with Crippen molar-refractivity contribution in [1.29, 1.82) is 0 Å². The van der Waals surface area contributed by atoms with Crippen LogP contribution >= 0.6 is 39.9 Å². The molecule has 0 atom stereocenters. The van der Waals surface area contributed by atoms with Gasteiger partial charge in [0.25, 0.3) is 0 Å². The highest BCUT2D eigenvalue weighted by molar-refractivity contribution is 9.10. The lowest BCUT2D eigenvalue weighted by Gasteiger charge is -2.11. The first-order chi connectivity index (χ1) is 8.65. The lowest BCUT2D eigenvalue weighted by atomic mass is 10.1. The van der Waals surface area contributed by atoms with Crippen molar-refractivity contribution >= 4 is 50.6 Å². The number of thiocarbonyl (C=S) groups is 1. The van der Waals surface area contributed by atoms with E-state index in [2.05, 4.69) is 27.5 Å². The van der Waals surface area contributed by atoms with Crippen molar-refractivity contribution < 1.29 is 0 Å². The van der Waals surface area contributed by atoms with Gasteiger partial charge in [0.2, 0.25) is 0 Å². The second-order valence-electron chi connectivity index (χ2n) is 4.03. The third-order valence-electron chi connectivity index (χ3n) is 2.59. The van der Waals surface area contributed by atoms with Crippen LogP contribution in [0.4, 0.5) is 5.69 Å². The predicted molar refractivity (Wildman–Crippen MR) is 90.8 cm³/mol. The minimum Gasteiger partial charge on any atom is -0.389 e. The summed E-state index contributed by atoms with van der Waals surface area (Å²) in [6.07, 6.45) is 5.85. The number of nitrogens with one attached hydrogen (secondary N) is 1. The summed E-state index contributed by atoms with van der Waals surface area (Å²) in [5.41, 5.74) is 7.64. The maximum absolute atomic E-state index is 5.71. The van der Waals surface area contributed by atoms with Crippen molar-refractivity contribution in [3.8, 4) is 0 Å². The minimum absolute atomic E-state index is 0.437. The molecule has 0 aliphatic heterocycles. The molecule has 0 saturated carbocycles. The van der Waals surface area contributed by atoms with Gasteiger partial charge in [-0.25, -0.2) is 0 Å². The summed E-state index contributed by atoms with van der Waals surface area (Å²) in [6, 6.07) is 5.93. The standard InChI is InChI=1S/C13H19BrN2S2/c1-18-8-4-2-3-7-16-12-9-10(14)5-6-11(12)13(15)17/h5-6,9,16H,2-4,7-8H2,1H3,(H2,15,17). The van der Waals surface area contributed by atoms with Crippen LogP contribution in [0, 0.1) is 0 Å². The van der Waals surface area contributed by atoms with E-state index in [1.165, 1.54) is 25.0 Å². The maximum atomic E-state index is 5.71. The van der Waals surface area contributed by atoms with Crippen LogP contribution < -0.4 is 11.1 Å². The molecule has 0 fully saturated rings.